The van der Waals surface area contributed by atoms with Gasteiger partial charge in [-0.1, -0.05) is 18.2 Å². The van der Waals surface area contributed by atoms with Crippen LogP contribution in [0.2, 0.25) is 0 Å². The second-order valence-corrected chi connectivity index (χ2v) is 7.92. The Hall–Kier alpha value is -2.77. The van der Waals surface area contributed by atoms with Crippen molar-refractivity contribution < 1.29 is 13.9 Å². The third-order valence-electron chi connectivity index (χ3n) is 4.95. The maximum Gasteiger partial charge on any atom is 0.261 e. The largest absolute Gasteiger partial charge is 0.380 e. The van der Waals surface area contributed by atoms with Crippen molar-refractivity contribution in [2.24, 2.45) is 0 Å². The van der Waals surface area contributed by atoms with Crippen molar-refractivity contribution in [3.63, 3.8) is 0 Å². The van der Waals surface area contributed by atoms with Gasteiger partial charge in [0.2, 0.25) is 0 Å². The fourth-order valence-electron chi connectivity index (χ4n) is 3.63. The maximum absolute atomic E-state index is 14.3. The van der Waals surface area contributed by atoms with Crippen LogP contribution in [0, 0.1) is 12.7 Å². The molecule has 7 heteroatoms. The lowest BCUT2D eigenvalue weighted by Gasteiger charge is -2.09. The van der Waals surface area contributed by atoms with E-state index in [1.807, 2.05) is 31.2 Å². The van der Waals surface area contributed by atoms with Crippen molar-refractivity contribution in [1.82, 2.24) is 14.9 Å². The summed E-state index contributed by atoms with van der Waals surface area (Å²) in [5.74, 6) is 0.442. The molecule has 4 aromatic rings. The van der Waals surface area contributed by atoms with Crippen molar-refractivity contribution in [3.05, 3.63) is 64.5 Å². The third-order valence-corrected chi connectivity index (χ3v) is 6.14. The summed E-state index contributed by atoms with van der Waals surface area (Å²) in [4.78, 5) is 17.8. The van der Waals surface area contributed by atoms with Crippen LogP contribution < -0.4 is 5.32 Å². The van der Waals surface area contributed by atoms with Crippen LogP contribution in [0.3, 0.4) is 0 Å². The van der Waals surface area contributed by atoms with E-state index in [-0.39, 0.29) is 18.3 Å². The molecular weight excluding hydrogens is 389 g/mol. The van der Waals surface area contributed by atoms with Crippen LogP contribution in [-0.2, 0) is 17.9 Å². The van der Waals surface area contributed by atoms with Gasteiger partial charge in [-0.05, 0) is 37.6 Å². The summed E-state index contributed by atoms with van der Waals surface area (Å²) in [6.45, 7) is 3.47. The Bertz CT molecular complexity index is 1180. The van der Waals surface area contributed by atoms with Crippen LogP contribution >= 0.6 is 11.3 Å². The van der Waals surface area contributed by atoms with Crippen molar-refractivity contribution in [2.45, 2.75) is 26.5 Å². The number of hydrogen-bond acceptors (Lipinski definition) is 4. The van der Waals surface area contributed by atoms with Crippen LogP contribution in [0.4, 0.5) is 4.39 Å². The zero-order valence-corrected chi connectivity index (χ0v) is 17.2. The number of para-hydroxylation sites is 2. The van der Waals surface area contributed by atoms with Gasteiger partial charge in [-0.25, -0.2) is 9.37 Å². The molecule has 4 rings (SSSR count). The first-order chi connectivity index (χ1) is 14.1. The van der Waals surface area contributed by atoms with Crippen molar-refractivity contribution in [2.75, 3.05) is 13.7 Å². The molecule has 2 heterocycles. The normalized spacial score (nSPS) is 11.4. The lowest BCUT2D eigenvalue weighted by molar-refractivity contribution is 0.0952. The number of hydrogen-bond donors (Lipinski definition) is 1. The molecule has 0 atom stereocenters. The van der Waals surface area contributed by atoms with Crippen LogP contribution in [-0.4, -0.2) is 29.1 Å². The van der Waals surface area contributed by atoms with E-state index in [1.165, 1.54) is 17.4 Å². The first kappa shape index (κ1) is 19.5. The fourth-order valence-corrected chi connectivity index (χ4v) is 4.77. The second-order valence-electron chi connectivity index (χ2n) is 6.86. The van der Waals surface area contributed by atoms with Gasteiger partial charge in [0, 0.05) is 35.8 Å². The smallest absolute Gasteiger partial charge is 0.261 e. The van der Waals surface area contributed by atoms with Gasteiger partial charge in [0.1, 0.15) is 11.6 Å². The van der Waals surface area contributed by atoms with E-state index in [0.29, 0.717) is 22.4 Å². The number of fused-ring (bicyclic) bond motifs is 2. The predicted molar refractivity (Wildman–Crippen MR) is 114 cm³/mol. The fraction of sp³-hybridized carbons (Fsp3) is 0.273. The molecule has 0 spiro atoms. The Morgan fingerprint density at radius 2 is 2.07 bits per heavy atom. The molecule has 29 heavy (non-hydrogen) atoms. The quantitative estimate of drug-likeness (QED) is 0.450. The summed E-state index contributed by atoms with van der Waals surface area (Å²) in [6.07, 6.45) is 0.770. The van der Waals surface area contributed by atoms with Gasteiger partial charge in [-0.2, -0.15) is 0 Å². The number of amides is 1. The molecular formula is C22H22FN3O2S. The highest BCUT2D eigenvalue weighted by molar-refractivity contribution is 7.21. The minimum absolute atomic E-state index is 0.190. The van der Waals surface area contributed by atoms with E-state index >= 15 is 0 Å². The zero-order valence-electron chi connectivity index (χ0n) is 16.4. The van der Waals surface area contributed by atoms with Crippen LogP contribution in [0.15, 0.2) is 42.5 Å². The number of aromatic nitrogens is 2. The Morgan fingerprint density at radius 1 is 1.24 bits per heavy atom. The summed E-state index contributed by atoms with van der Waals surface area (Å²) in [6, 6.07) is 12.9. The molecule has 0 saturated heterocycles. The lowest BCUT2D eigenvalue weighted by Crippen LogP contribution is -2.25. The number of thiophene rings is 1. The molecule has 150 valence electrons. The monoisotopic (exact) mass is 411 g/mol. The van der Waals surface area contributed by atoms with E-state index in [4.69, 9.17) is 4.74 Å². The number of methoxy groups -OCH3 is 1. The summed E-state index contributed by atoms with van der Waals surface area (Å²) in [7, 11) is 1.55. The summed E-state index contributed by atoms with van der Waals surface area (Å²) >= 11 is 1.30. The number of carbonyl (C=O) groups is 1. The minimum Gasteiger partial charge on any atom is -0.380 e. The molecule has 0 saturated carbocycles. The highest BCUT2D eigenvalue weighted by Gasteiger charge is 2.20. The van der Waals surface area contributed by atoms with Gasteiger partial charge in [-0.3, -0.25) is 4.79 Å². The number of imidazole rings is 1. The number of rotatable bonds is 7. The lowest BCUT2D eigenvalue weighted by atomic mass is 10.1. The van der Waals surface area contributed by atoms with Gasteiger partial charge in [0.15, 0.2) is 0 Å². The van der Waals surface area contributed by atoms with E-state index in [1.54, 1.807) is 13.2 Å². The van der Waals surface area contributed by atoms with Crippen LogP contribution in [0.1, 0.15) is 27.5 Å². The number of benzene rings is 2. The summed E-state index contributed by atoms with van der Waals surface area (Å²) in [5, 5.41) is 3.44. The number of halogens is 1. The van der Waals surface area contributed by atoms with Crippen molar-refractivity contribution >= 4 is 38.4 Å². The highest BCUT2D eigenvalue weighted by Crippen LogP contribution is 2.33. The molecule has 1 N–H and O–H groups in total. The molecule has 1 amide bonds. The maximum atomic E-state index is 14.3. The SMILES string of the molecule is COCc1c(C(=O)NCCCn2c(C)nc3ccccc32)sc2cccc(F)c12. The van der Waals surface area contributed by atoms with Crippen molar-refractivity contribution in [1.29, 1.82) is 0 Å². The van der Waals surface area contributed by atoms with Gasteiger partial charge >= 0.3 is 0 Å². The van der Waals surface area contributed by atoms with Gasteiger partial charge in [0.05, 0.1) is 22.5 Å². The molecule has 0 bridgehead atoms. The Labute approximate surface area is 172 Å². The van der Waals surface area contributed by atoms with E-state index in [0.717, 1.165) is 34.5 Å². The number of carbonyl (C=O) groups excluding carboxylic acids is 1. The molecule has 0 radical (unpaired) electrons. The van der Waals surface area contributed by atoms with Gasteiger partial charge in [-0.15, -0.1) is 11.3 Å². The van der Waals surface area contributed by atoms with Gasteiger partial charge in [0.25, 0.3) is 5.91 Å². The molecule has 0 unspecified atom stereocenters. The van der Waals surface area contributed by atoms with Crippen LogP contribution in [0.25, 0.3) is 21.1 Å². The van der Waals surface area contributed by atoms with Crippen molar-refractivity contribution in [3.8, 4) is 0 Å². The van der Waals surface area contributed by atoms with E-state index in [9.17, 15) is 9.18 Å². The third kappa shape index (κ3) is 3.75. The average Bonchev–Trinajstić information content (AvgIpc) is 3.24. The minimum atomic E-state index is -0.327. The molecule has 0 aliphatic rings. The number of nitrogens with one attached hydrogen (secondary N) is 1. The average molecular weight is 412 g/mol. The first-order valence-corrected chi connectivity index (χ1v) is 10.3. The second kappa shape index (κ2) is 8.31. The van der Waals surface area contributed by atoms with E-state index < -0.39 is 0 Å². The Kier molecular flexibility index (Phi) is 5.60. The van der Waals surface area contributed by atoms with E-state index in [2.05, 4.69) is 20.9 Å². The highest BCUT2D eigenvalue weighted by atomic mass is 32.1. The molecule has 2 aromatic heterocycles. The predicted octanol–water partition coefficient (Wildman–Crippen LogP) is 4.67. The topological polar surface area (TPSA) is 56.1 Å². The zero-order chi connectivity index (χ0) is 20.4. The standard InChI is InChI=1S/C22H22FN3O2S/c1-14-25-17-8-3-4-9-18(17)26(14)12-6-11-24-22(27)21-15(13-28-2)20-16(23)7-5-10-19(20)29-21/h3-5,7-10H,6,11-13H2,1-2H3,(H,24,27). The molecule has 5 nitrogen and oxygen atoms in total. The molecule has 2 aromatic carbocycles. The molecule has 0 aliphatic carbocycles. The van der Waals surface area contributed by atoms with Gasteiger partial charge < -0.3 is 14.6 Å². The molecule has 0 aliphatic heterocycles. The number of nitrogens with zero attached hydrogens (tertiary/aromatic N) is 2. The Morgan fingerprint density at radius 3 is 2.90 bits per heavy atom. The molecule has 0 fully saturated rings. The number of ether oxygens (including phenoxy) is 1. The first-order valence-electron chi connectivity index (χ1n) is 9.49. The summed E-state index contributed by atoms with van der Waals surface area (Å²) < 4.78 is 22.4. The number of aryl methyl sites for hydroxylation is 2. The Balaban J connectivity index is 1.45. The van der Waals surface area contributed by atoms with Crippen LogP contribution in [0.5, 0.6) is 0 Å². The summed E-state index contributed by atoms with van der Waals surface area (Å²) in [5.41, 5.74) is 2.68.